The van der Waals surface area contributed by atoms with Crippen molar-refractivity contribution in [2.24, 2.45) is 0 Å². The molecule has 0 aromatic carbocycles. The second-order valence-electron chi connectivity index (χ2n) is 4.62. The van der Waals surface area contributed by atoms with Gasteiger partial charge < -0.3 is 14.2 Å². The van der Waals surface area contributed by atoms with Crippen molar-refractivity contribution in [2.75, 3.05) is 7.11 Å². The first-order valence-electron chi connectivity index (χ1n) is 6.77. The molecule has 0 atom stereocenters. The number of methoxy groups -OCH3 is 1. The molecule has 3 aromatic heterocycles. The number of rotatable bonds is 4. The van der Waals surface area contributed by atoms with E-state index in [0.29, 0.717) is 35.1 Å². The summed E-state index contributed by atoms with van der Waals surface area (Å²) in [6, 6.07) is 6.76. The molecule has 0 aliphatic heterocycles. The Morgan fingerprint density at radius 1 is 1.27 bits per heavy atom. The van der Waals surface area contributed by atoms with Crippen LogP contribution in [0.5, 0.6) is 5.88 Å². The van der Waals surface area contributed by atoms with Gasteiger partial charge in [-0.2, -0.15) is 4.98 Å². The van der Waals surface area contributed by atoms with E-state index in [0.717, 1.165) is 5.69 Å². The second-order valence-corrected chi connectivity index (χ2v) is 4.62. The van der Waals surface area contributed by atoms with Gasteiger partial charge in [-0.05, 0) is 18.6 Å². The highest BCUT2D eigenvalue weighted by Crippen LogP contribution is 2.22. The van der Waals surface area contributed by atoms with Gasteiger partial charge >= 0.3 is 0 Å². The molecule has 0 saturated heterocycles. The summed E-state index contributed by atoms with van der Waals surface area (Å²) in [6.45, 7) is 1.96. The van der Waals surface area contributed by atoms with Gasteiger partial charge in [-0.1, -0.05) is 12.1 Å². The first kappa shape index (κ1) is 14.0. The van der Waals surface area contributed by atoms with E-state index in [1.54, 1.807) is 25.4 Å². The molecular weight excluding hydrogens is 284 g/mol. The predicted octanol–water partition coefficient (Wildman–Crippen LogP) is 2.06. The van der Waals surface area contributed by atoms with Crippen LogP contribution in [0.3, 0.4) is 0 Å². The Hall–Kier alpha value is -2.96. The summed E-state index contributed by atoms with van der Waals surface area (Å²) in [6.07, 6.45) is 2.31. The third kappa shape index (κ3) is 2.73. The van der Waals surface area contributed by atoms with Crippen molar-refractivity contribution in [2.45, 2.75) is 13.3 Å². The molecular formula is C15H14N4O3. The molecule has 7 heteroatoms. The summed E-state index contributed by atoms with van der Waals surface area (Å²) >= 11 is 0. The van der Waals surface area contributed by atoms with Crippen LogP contribution in [0.15, 0.2) is 39.8 Å². The minimum atomic E-state index is -0.194. The molecule has 22 heavy (non-hydrogen) atoms. The molecule has 1 N–H and O–H groups in total. The molecule has 3 rings (SSSR count). The number of hydrogen-bond donors (Lipinski definition) is 1. The van der Waals surface area contributed by atoms with E-state index in [4.69, 9.17) is 9.26 Å². The number of ether oxygens (including phenoxy) is 1. The van der Waals surface area contributed by atoms with Crippen molar-refractivity contribution in [3.05, 3.63) is 46.5 Å². The summed E-state index contributed by atoms with van der Waals surface area (Å²) < 4.78 is 10.2. The van der Waals surface area contributed by atoms with Crippen LogP contribution >= 0.6 is 0 Å². The highest BCUT2D eigenvalue weighted by molar-refractivity contribution is 5.59. The Morgan fingerprint density at radius 2 is 2.14 bits per heavy atom. The van der Waals surface area contributed by atoms with Crippen molar-refractivity contribution >= 4 is 0 Å². The van der Waals surface area contributed by atoms with Crippen LogP contribution in [0.2, 0.25) is 0 Å². The lowest BCUT2D eigenvalue weighted by Crippen LogP contribution is -2.07. The van der Waals surface area contributed by atoms with Gasteiger partial charge in [-0.25, -0.2) is 4.98 Å². The first-order valence-corrected chi connectivity index (χ1v) is 6.77. The van der Waals surface area contributed by atoms with Gasteiger partial charge in [-0.3, -0.25) is 4.79 Å². The SMILES string of the molecule is CCc1cc(-c2nc(-c3ccc(OC)nc3)no2)cc(=O)[nH]1. The monoisotopic (exact) mass is 298 g/mol. The fourth-order valence-electron chi connectivity index (χ4n) is 2.01. The van der Waals surface area contributed by atoms with Crippen LogP contribution in [-0.4, -0.2) is 27.2 Å². The normalized spacial score (nSPS) is 10.6. The van der Waals surface area contributed by atoms with Gasteiger partial charge in [0.1, 0.15) is 0 Å². The highest BCUT2D eigenvalue weighted by atomic mass is 16.5. The van der Waals surface area contributed by atoms with Gasteiger partial charge in [0.25, 0.3) is 5.89 Å². The third-order valence-corrected chi connectivity index (χ3v) is 3.16. The van der Waals surface area contributed by atoms with E-state index in [2.05, 4.69) is 20.1 Å². The average molecular weight is 298 g/mol. The Morgan fingerprint density at radius 3 is 2.82 bits per heavy atom. The third-order valence-electron chi connectivity index (χ3n) is 3.16. The number of pyridine rings is 2. The lowest BCUT2D eigenvalue weighted by atomic mass is 10.2. The number of hydrogen-bond acceptors (Lipinski definition) is 6. The second kappa shape index (κ2) is 5.80. The molecule has 0 saturated carbocycles. The summed E-state index contributed by atoms with van der Waals surface area (Å²) in [5, 5.41) is 3.92. The van der Waals surface area contributed by atoms with Gasteiger partial charge in [-0.15, -0.1) is 0 Å². The Labute approximate surface area is 126 Å². The standard InChI is InChI=1S/C15H14N4O3/c1-3-11-6-10(7-12(20)17-11)15-18-14(19-22-15)9-4-5-13(21-2)16-8-9/h4-8H,3H2,1-2H3,(H,17,20). The molecule has 7 nitrogen and oxygen atoms in total. The van der Waals surface area contributed by atoms with Gasteiger partial charge in [0, 0.05) is 35.2 Å². The summed E-state index contributed by atoms with van der Waals surface area (Å²) in [7, 11) is 1.55. The van der Waals surface area contributed by atoms with E-state index < -0.39 is 0 Å². The zero-order valence-corrected chi connectivity index (χ0v) is 12.2. The molecule has 0 spiro atoms. The summed E-state index contributed by atoms with van der Waals surface area (Å²) in [5.74, 6) is 1.21. The number of H-pyrrole nitrogens is 1. The molecule has 0 unspecified atom stereocenters. The largest absolute Gasteiger partial charge is 0.481 e. The van der Waals surface area contributed by atoms with Gasteiger partial charge in [0.2, 0.25) is 17.3 Å². The number of aromatic nitrogens is 4. The van der Waals surface area contributed by atoms with Crippen molar-refractivity contribution in [1.82, 2.24) is 20.1 Å². The molecule has 0 bridgehead atoms. The number of aromatic amines is 1. The maximum absolute atomic E-state index is 11.6. The van der Waals surface area contributed by atoms with Crippen LogP contribution in [0, 0.1) is 0 Å². The fraction of sp³-hybridized carbons (Fsp3) is 0.200. The number of aryl methyl sites for hydroxylation is 1. The van der Waals surface area contributed by atoms with E-state index >= 15 is 0 Å². The van der Waals surface area contributed by atoms with Crippen molar-refractivity contribution in [3.63, 3.8) is 0 Å². The quantitative estimate of drug-likeness (QED) is 0.792. The molecule has 0 aliphatic rings. The van der Waals surface area contributed by atoms with E-state index in [1.165, 1.54) is 6.07 Å². The van der Waals surface area contributed by atoms with Gasteiger partial charge in [0.15, 0.2) is 0 Å². The topological polar surface area (TPSA) is 93.9 Å². The Kier molecular flexibility index (Phi) is 3.69. The molecule has 0 radical (unpaired) electrons. The molecule has 0 amide bonds. The highest BCUT2D eigenvalue weighted by Gasteiger charge is 2.12. The lowest BCUT2D eigenvalue weighted by Gasteiger charge is -1.98. The van der Waals surface area contributed by atoms with Crippen LogP contribution in [0.4, 0.5) is 0 Å². The molecule has 0 fully saturated rings. The minimum absolute atomic E-state index is 0.194. The van der Waals surface area contributed by atoms with E-state index in [1.807, 2.05) is 13.0 Å². The van der Waals surface area contributed by atoms with Crippen molar-refractivity contribution in [1.29, 1.82) is 0 Å². The number of nitrogens with zero attached hydrogens (tertiary/aromatic N) is 3. The van der Waals surface area contributed by atoms with Crippen LogP contribution < -0.4 is 10.3 Å². The van der Waals surface area contributed by atoms with Crippen molar-refractivity contribution in [3.8, 4) is 28.7 Å². The zero-order chi connectivity index (χ0) is 15.5. The molecule has 112 valence electrons. The van der Waals surface area contributed by atoms with Crippen molar-refractivity contribution < 1.29 is 9.26 Å². The minimum Gasteiger partial charge on any atom is -0.481 e. The average Bonchev–Trinajstić information content (AvgIpc) is 3.04. The maximum Gasteiger partial charge on any atom is 0.258 e. The van der Waals surface area contributed by atoms with E-state index in [9.17, 15) is 4.79 Å². The van der Waals surface area contributed by atoms with E-state index in [-0.39, 0.29) is 5.56 Å². The maximum atomic E-state index is 11.6. The zero-order valence-electron chi connectivity index (χ0n) is 12.2. The predicted molar refractivity (Wildman–Crippen MR) is 79.5 cm³/mol. The number of nitrogens with one attached hydrogen (secondary N) is 1. The van der Waals surface area contributed by atoms with Crippen LogP contribution in [0.25, 0.3) is 22.8 Å². The smallest absolute Gasteiger partial charge is 0.258 e. The molecule has 3 aromatic rings. The summed E-state index contributed by atoms with van der Waals surface area (Å²) in [4.78, 5) is 22.8. The molecule has 0 aliphatic carbocycles. The lowest BCUT2D eigenvalue weighted by molar-refractivity contribution is 0.398. The summed E-state index contributed by atoms with van der Waals surface area (Å²) in [5.41, 5.74) is 1.92. The first-order chi connectivity index (χ1) is 10.7. The fourth-order valence-corrected chi connectivity index (χ4v) is 2.01. The Bertz CT molecular complexity index is 836. The van der Waals surface area contributed by atoms with Crippen LogP contribution in [0.1, 0.15) is 12.6 Å². The van der Waals surface area contributed by atoms with Crippen LogP contribution in [-0.2, 0) is 6.42 Å². The Balaban J connectivity index is 1.96. The molecule has 3 heterocycles. The van der Waals surface area contributed by atoms with Gasteiger partial charge in [0.05, 0.1) is 7.11 Å².